The number of methoxy groups -OCH3 is 2. The van der Waals surface area contributed by atoms with Crippen LogP contribution in [0.1, 0.15) is 43.7 Å². The Bertz CT molecular complexity index is 1440. The molecule has 1 fully saturated rings. The van der Waals surface area contributed by atoms with Gasteiger partial charge in [-0.2, -0.15) is 0 Å². The molecule has 5 atom stereocenters. The third kappa shape index (κ3) is 9.70. The minimum absolute atomic E-state index is 0.0227. The van der Waals surface area contributed by atoms with Crippen molar-refractivity contribution in [2.24, 2.45) is 0 Å². The molecule has 46 heavy (non-hydrogen) atoms. The highest BCUT2D eigenvalue weighted by atomic mass is 16.7. The number of nitrogens with zero attached hydrogens (tertiary/aromatic N) is 3. The van der Waals surface area contributed by atoms with E-state index >= 15 is 0 Å². The highest BCUT2D eigenvalue weighted by molar-refractivity contribution is 5.93. The van der Waals surface area contributed by atoms with Gasteiger partial charge in [0, 0.05) is 33.8 Å². The van der Waals surface area contributed by atoms with Crippen molar-refractivity contribution < 1.29 is 66.7 Å². The molecule has 1 amide bonds. The molecule has 1 aliphatic heterocycles. The van der Waals surface area contributed by atoms with Crippen LogP contribution >= 0.6 is 0 Å². The van der Waals surface area contributed by atoms with Crippen molar-refractivity contribution in [3.05, 3.63) is 35.7 Å². The Labute approximate surface area is 262 Å². The summed E-state index contributed by atoms with van der Waals surface area (Å²) in [6, 6.07) is 3.21. The van der Waals surface area contributed by atoms with Gasteiger partial charge < -0.3 is 43.2 Å². The zero-order valence-corrected chi connectivity index (χ0v) is 25.9. The number of benzene rings is 1. The van der Waals surface area contributed by atoms with Gasteiger partial charge in [-0.3, -0.25) is 19.2 Å². The molecule has 1 N–H and O–H groups in total. The first kappa shape index (κ1) is 35.4. The summed E-state index contributed by atoms with van der Waals surface area (Å²) < 4.78 is 43.9. The smallest absolute Gasteiger partial charge is 0.343 e. The van der Waals surface area contributed by atoms with Crippen molar-refractivity contribution in [1.82, 2.24) is 20.3 Å². The fourth-order valence-corrected chi connectivity index (χ4v) is 4.34. The molecule has 18 nitrogen and oxygen atoms in total. The van der Waals surface area contributed by atoms with E-state index in [2.05, 4.69) is 20.4 Å². The Balaban J connectivity index is 1.87. The van der Waals surface area contributed by atoms with E-state index in [-0.39, 0.29) is 23.6 Å². The normalized spacial score (nSPS) is 20.5. The van der Waals surface area contributed by atoms with E-state index < -0.39 is 79.6 Å². The van der Waals surface area contributed by atoms with Gasteiger partial charge in [0.2, 0.25) is 5.91 Å². The van der Waals surface area contributed by atoms with Gasteiger partial charge in [0.1, 0.15) is 35.8 Å². The number of carbonyl (C=O) groups excluding carboxylic acids is 6. The van der Waals surface area contributed by atoms with Gasteiger partial charge in [0.15, 0.2) is 25.1 Å². The summed E-state index contributed by atoms with van der Waals surface area (Å²) in [4.78, 5) is 71.4. The number of hydrogen-bond donors (Lipinski definition) is 1. The van der Waals surface area contributed by atoms with E-state index in [1.807, 2.05) is 0 Å². The van der Waals surface area contributed by atoms with Crippen molar-refractivity contribution >= 4 is 35.8 Å². The molecule has 0 spiro atoms. The molecule has 0 aliphatic carbocycles. The van der Waals surface area contributed by atoms with E-state index in [1.54, 1.807) is 0 Å². The number of nitrogens with one attached hydrogen (secondary N) is 1. The molecule has 2 heterocycles. The molecule has 1 aromatic carbocycles. The summed E-state index contributed by atoms with van der Waals surface area (Å²) in [5.41, 5.74) is 0.703. The standard InChI is InChI=1S/C28H34N4O14/c1-14(33)29-24-26(45-17(4)36)25(44-16(3)35)22(12-41-15(2)34)46-28(24)43-11-18-10-32(31-30-18)19-7-8-20(27(38)40-6)21(9-19)42-13-23(37)39-5/h7-10,22,24-26,28H,11-13H2,1-6H3,(H,29,33)/t22?,24-,25+,26?,28-/m1/s1. The monoisotopic (exact) mass is 650 g/mol. The zero-order chi connectivity index (χ0) is 34.0. The van der Waals surface area contributed by atoms with E-state index in [0.29, 0.717) is 5.69 Å². The molecule has 0 radical (unpaired) electrons. The molecule has 3 rings (SSSR count). The van der Waals surface area contributed by atoms with Gasteiger partial charge in [0.05, 0.1) is 32.7 Å². The lowest BCUT2D eigenvalue weighted by atomic mass is 9.96. The van der Waals surface area contributed by atoms with Crippen LogP contribution in [0, 0.1) is 0 Å². The number of amides is 1. The van der Waals surface area contributed by atoms with Crippen molar-refractivity contribution in [1.29, 1.82) is 0 Å². The van der Waals surface area contributed by atoms with Crippen molar-refractivity contribution in [2.75, 3.05) is 27.4 Å². The van der Waals surface area contributed by atoms with Crippen LogP contribution in [-0.2, 0) is 63.7 Å². The molecule has 0 bridgehead atoms. The predicted molar refractivity (Wildman–Crippen MR) is 149 cm³/mol. The lowest BCUT2D eigenvalue weighted by molar-refractivity contribution is -0.280. The summed E-state index contributed by atoms with van der Waals surface area (Å²) in [6.45, 7) is 3.53. The maximum atomic E-state index is 12.2. The number of ether oxygens (including phenoxy) is 8. The topological polar surface area (TPSA) is 219 Å². The van der Waals surface area contributed by atoms with Crippen molar-refractivity contribution in [3.63, 3.8) is 0 Å². The number of hydrogen-bond acceptors (Lipinski definition) is 16. The molecule has 1 aromatic heterocycles. The molecule has 0 saturated carbocycles. The van der Waals surface area contributed by atoms with Crippen LogP contribution in [0.25, 0.3) is 5.69 Å². The predicted octanol–water partition coefficient (Wildman–Crippen LogP) is -0.222. The Morgan fingerprint density at radius 1 is 0.935 bits per heavy atom. The van der Waals surface area contributed by atoms with Gasteiger partial charge >= 0.3 is 29.8 Å². The fourth-order valence-electron chi connectivity index (χ4n) is 4.34. The van der Waals surface area contributed by atoms with Gasteiger partial charge in [-0.1, -0.05) is 5.21 Å². The van der Waals surface area contributed by atoms with Crippen LogP contribution in [0.15, 0.2) is 24.4 Å². The maximum absolute atomic E-state index is 12.2. The summed E-state index contributed by atoms with van der Waals surface area (Å²) in [7, 11) is 2.38. The summed E-state index contributed by atoms with van der Waals surface area (Å²) >= 11 is 0. The summed E-state index contributed by atoms with van der Waals surface area (Å²) in [5.74, 6) is -4.02. The van der Waals surface area contributed by atoms with Crippen LogP contribution in [0.5, 0.6) is 5.75 Å². The Morgan fingerprint density at radius 2 is 1.63 bits per heavy atom. The average molecular weight is 651 g/mol. The van der Waals surface area contributed by atoms with Crippen LogP contribution in [0.4, 0.5) is 0 Å². The number of rotatable bonds is 13. The van der Waals surface area contributed by atoms with Crippen LogP contribution in [-0.4, -0.2) is 109 Å². The van der Waals surface area contributed by atoms with E-state index in [4.69, 9.17) is 33.2 Å². The third-order valence-corrected chi connectivity index (χ3v) is 6.22. The molecule has 1 aliphatic rings. The summed E-state index contributed by atoms with van der Waals surface area (Å²) in [5, 5.41) is 10.7. The molecule has 2 aromatic rings. The Hall–Kier alpha value is -5.10. The molecular formula is C28H34N4O14. The molecule has 18 heteroatoms. The largest absolute Gasteiger partial charge is 0.481 e. The second-order valence-electron chi connectivity index (χ2n) is 9.72. The zero-order valence-electron chi connectivity index (χ0n) is 25.9. The average Bonchev–Trinajstić information content (AvgIpc) is 3.48. The Kier molecular flexibility index (Phi) is 12.5. The molecule has 1 saturated heterocycles. The van der Waals surface area contributed by atoms with Gasteiger partial charge in [-0.05, 0) is 12.1 Å². The van der Waals surface area contributed by atoms with E-state index in [0.717, 1.165) is 13.8 Å². The van der Waals surface area contributed by atoms with Crippen molar-refractivity contribution in [2.45, 2.75) is 64.9 Å². The SMILES string of the molecule is COC(=O)COc1cc(-n2cc(CO[C@@H]3OC(COC(C)=O)[C@H](OC(C)=O)C(OC(C)=O)[C@H]3NC(C)=O)nn2)ccc1C(=O)OC. The van der Waals surface area contributed by atoms with Gasteiger partial charge in [-0.25, -0.2) is 14.3 Å². The molecule has 2 unspecified atom stereocenters. The lowest BCUT2D eigenvalue weighted by Gasteiger charge is -2.44. The van der Waals surface area contributed by atoms with Crippen molar-refractivity contribution in [3.8, 4) is 11.4 Å². The quantitative estimate of drug-likeness (QED) is 0.219. The number of aromatic nitrogens is 3. The third-order valence-electron chi connectivity index (χ3n) is 6.22. The highest BCUT2D eigenvalue weighted by Gasteiger charge is 2.51. The molecule has 250 valence electrons. The second-order valence-corrected chi connectivity index (χ2v) is 9.72. The number of carbonyl (C=O) groups is 6. The molecular weight excluding hydrogens is 616 g/mol. The highest BCUT2D eigenvalue weighted by Crippen LogP contribution is 2.29. The van der Waals surface area contributed by atoms with Crippen LogP contribution < -0.4 is 10.1 Å². The fraction of sp³-hybridized carbons (Fsp3) is 0.500. The first-order chi connectivity index (χ1) is 21.8. The van der Waals surface area contributed by atoms with Gasteiger partial charge in [-0.15, -0.1) is 5.10 Å². The first-order valence-corrected chi connectivity index (χ1v) is 13.7. The maximum Gasteiger partial charge on any atom is 0.343 e. The first-order valence-electron chi connectivity index (χ1n) is 13.7. The second kappa shape index (κ2) is 16.3. The minimum atomic E-state index is -1.32. The summed E-state index contributed by atoms with van der Waals surface area (Å²) in [6.07, 6.45) is -3.56. The van der Waals surface area contributed by atoms with Crippen LogP contribution in [0.2, 0.25) is 0 Å². The van der Waals surface area contributed by atoms with E-state index in [1.165, 1.54) is 57.1 Å². The lowest BCUT2D eigenvalue weighted by Crippen LogP contribution is -2.66. The van der Waals surface area contributed by atoms with Gasteiger partial charge in [0.25, 0.3) is 0 Å². The Morgan fingerprint density at radius 3 is 2.24 bits per heavy atom. The number of esters is 5. The van der Waals surface area contributed by atoms with E-state index in [9.17, 15) is 28.8 Å². The minimum Gasteiger partial charge on any atom is -0.481 e. The van der Waals surface area contributed by atoms with Crippen LogP contribution in [0.3, 0.4) is 0 Å².